The van der Waals surface area contributed by atoms with Crippen molar-refractivity contribution in [3.63, 3.8) is 0 Å². The van der Waals surface area contributed by atoms with E-state index < -0.39 is 0 Å². The molecule has 240 valence electrons. The molecule has 2 aromatic rings. The van der Waals surface area contributed by atoms with Crippen LogP contribution in [0.15, 0.2) is 23.5 Å². The molecule has 0 N–H and O–H groups in total. The van der Waals surface area contributed by atoms with Gasteiger partial charge in [0.25, 0.3) is 0 Å². The molecule has 44 heavy (non-hydrogen) atoms. The third-order valence-electron chi connectivity index (χ3n) is 10.2. The van der Waals surface area contributed by atoms with Gasteiger partial charge in [-0.05, 0) is 88.7 Å². The molecule has 3 atom stereocenters. The van der Waals surface area contributed by atoms with Crippen LogP contribution in [0.2, 0.25) is 5.02 Å². The lowest BCUT2D eigenvalue weighted by molar-refractivity contribution is 0.0143. The summed E-state index contributed by atoms with van der Waals surface area (Å²) < 4.78 is 19.4. The fourth-order valence-corrected chi connectivity index (χ4v) is 8.11. The molecule has 1 aliphatic heterocycles. The van der Waals surface area contributed by atoms with E-state index in [1.54, 1.807) is 7.11 Å². The summed E-state index contributed by atoms with van der Waals surface area (Å²) in [6.07, 6.45) is 12.6. The van der Waals surface area contributed by atoms with E-state index >= 15 is 0 Å². The molecule has 0 bridgehead atoms. The number of carbonyl (C=O) groups excluding carboxylic acids is 1. The van der Waals surface area contributed by atoms with E-state index in [1.165, 1.54) is 32.8 Å². The topological polar surface area (TPSA) is 78.2 Å². The molecule has 0 spiro atoms. The Hall–Kier alpha value is -2.76. The lowest BCUT2D eigenvalue weighted by atomic mass is 9.77. The first-order valence-electron chi connectivity index (χ1n) is 16.5. The highest BCUT2D eigenvalue weighted by molar-refractivity contribution is 6.35. The summed E-state index contributed by atoms with van der Waals surface area (Å²) >= 11 is 6.54. The third kappa shape index (κ3) is 7.54. The van der Waals surface area contributed by atoms with Crippen LogP contribution in [0.25, 0.3) is 11.0 Å². The Morgan fingerprint density at radius 2 is 1.91 bits per heavy atom. The van der Waals surface area contributed by atoms with Gasteiger partial charge < -0.3 is 23.7 Å². The zero-order valence-corrected chi connectivity index (χ0v) is 27.7. The molecule has 3 unspecified atom stereocenters. The Labute approximate surface area is 267 Å². The Morgan fingerprint density at radius 1 is 1.16 bits per heavy atom. The number of carbonyl (C=O) groups is 1. The van der Waals surface area contributed by atoms with Crippen molar-refractivity contribution < 1.29 is 19.0 Å². The number of rotatable bonds is 9. The number of benzene rings is 1. The number of imidazole rings is 1. The molecule has 3 fully saturated rings. The van der Waals surface area contributed by atoms with E-state index in [-0.39, 0.29) is 17.6 Å². The lowest BCUT2D eigenvalue weighted by Gasteiger charge is -2.42. The van der Waals surface area contributed by atoms with E-state index in [2.05, 4.69) is 34.4 Å². The minimum Gasteiger partial charge on any atom is -0.484 e. The van der Waals surface area contributed by atoms with Gasteiger partial charge in [0.15, 0.2) is 5.90 Å². The van der Waals surface area contributed by atoms with Crippen molar-refractivity contribution in [1.29, 1.82) is 0 Å². The minimum absolute atomic E-state index is 0.206. The van der Waals surface area contributed by atoms with Gasteiger partial charge in [-0.1, -0.05) is 36.8 Å². The number of aromatic nitrogens is 2. The Kier molecular flexibility index (Phi) is 11.1. The summed E-state index contributed by atoms with van der Waals surface area (Å²) in [5.74, 6) is 8.33. The van der Waals surface area contributed by atoms with E-state index in [4.69, 9.17) is 30.8 Å². The van der Waals surface area contributed by atoms with Gasteiger partial charge in [-0.3, -0.25) is 4.99 Å². The normalized spacial score (nSPS) is 23.2. The van der Waals surface area contributed by atoms with Crippen molar-refractivity contribution in [2.24, 2.45) is 28.2 Å². The SMILES string of the molecule is CC#Cc1cc(Cl)c2ncn(CC3CCCC(CN(CC4(C(=NC(C)C5CCCC5)OC)CCOCC4)C(=O)OC)C3)c2c1. The van der Waals surface area contributed by atoms with Gasteiger partial charge in [-0.25, -0.2) is 9.78 Å². The van der Waals surface area contributed by atoms with Crippen LogP contribution in [-0.2, 0) is 20.8 Å². The van der Waals surface area contributed by atoms with Crippen LogP contribution >= 0.6 is 11.6 Å². The molecule has 5 rings (SSSR count). The van der Waals surface area contributed by atoms with Gasteiger partial charge >= 0.3 is 6.09 Å². The summed E-state index contributed by atoms with van der Waals surface area (Å²) in [7, 11) is 3.21. The second-order valence-electron chi connectivity index (χ2n) is 13.2. The van der Waals surface area contributed by atoms with Gasteiger partial charge in [-0.2, -0.15) is 0 Å². The van der Waals surface area contributed by atoms with Crippen LogP contribution in [-0.4, -0.2) is 73.0 Å². The highest BCUT2D eigenvalue weighted by Crippen LogP contribution is 2.38. The van der Waals surface area contributed by atoms with Crippen LogP contribution in [0.3, 0.4) is 0 Å². The molecule has 1 aromatic heterocycles. The average molecular weight is 625 g/mol. The summed E-state index contributed by atoms with van der Waals surface area (Å²) in [5.41, 5.74) is 2.36. The molecule has 1 aromatic carbocycles. The van der Waals surface area contributed by atoms with Crippen LogP contribution in [0, 0.1) is 35.0 Å². The zero-order valence-electron chi connectivity index (χ0n) is 26.9. The first-order chi connectivity index (χ1) is 21.4. The molecule has 0 radical (unpaired) electrons. The van der Waals surface area contributed by atoms with Crippen LogP contribution in [0.4, 0.5) is 4.79 Å². The molecular formula is C35H49ClN4O4. The molecule has 3 aliphatic rings. The fourth-order valence-electron chi connectivity index (χ4n) is 7.84. The van der Waals surface area contributed by atoms with Crippen molar-refractivity contribution in [2.45, 2.75) is 90.6 Å². The number of nitrogens with zero attached hydrogens (tertiary/aromatic N) is 4. The van der Waals surface area contributed by atoms with Gasteiger partial charge in [-0.15, -0.1) is 5.92 Å². The second kappa shape index (κ2) is 15.0. The van der Waals surface area contributed by atoms with Gasteiger partial charge in [0.1, 0.15) is 5.52 Å². The van der Waals surface area contributed by atoms with E-state index in [0.717, 1.165) is 67.6 Å². The van der Waals surface area contributed by atoms with E-state index in [9.17, 15) is 4.79 Å². The highest BCUT2D eigenvalue weighted by Gasteiger charge is 2.43. The quantitative estimate of drug-likeness (QED) is 0.166. The first-order valence-corrected chi connectivity index (χ1v) is 16.8. The molecule has 2 aliphatic carbocycles. The number of halogens is 1. The molecule has 1 amide bonds. The smallest absolute Gasteiger partial charge is 0.409 e. The molecule has 1 saturated heterocycles. The maximum atomic E-state index is 13.3. The van der Waals surface area contributed by atoms with Crippen molar-refractivity contribution in [1.82, 2.24) is 14.5 Å². The predicted molar refractivity (Wildman–Crippen MR) is 175 cm³/mol. The first kappa shape index (κ1) is 32.6. The van der Waals surface area contributed by atoms with Crippen molar-refractivity contribution in [2.75, 3.05) is 40.5 Å². The fraction of sp³-hybridized carbons (Fsp3) is 0.686. The van der Waals surface area contributed by atoms with Gasteiger partial charge in [0.05, 0.1) is 42.5 Å². The Bertz CT molecular complexity index is 1370. The second-order valence-corrected chi connectivity index (χ2v) is 13.6. The van der Waals surface area contributed by atoms with Crippen LogP contribution in [0.5, 0.6) is 0 Å². The molecule has 2 heterocycles. The summed E-state index contributed by atoms with van der Waals surface area (Å²) in [6.45, 7) is 7.38. The molecule has 8 nitrogen and oxygen atoms in total. The van der Waals surface area contributed by atoms with Gasteiger partial charge in [0.2, 0.25) is 0 Å². The Morgan fingerprint density at radius 3 is 2.61 bits per heavy atom. The zero-order chi connectivity index (χ0) is 31.1. The van der Waals surface area contributed by atoms with E-state index in [0.29, 0.717) is 49.1 Å². The third-order valence-corrected chi connectivity index (χ3v) is 10.5. The number of aliphatic imine (C=N–C) groups is 1. The average Bonchev–Trinajstić information content (AvgIpc) is 3.71. The number of hydrogen-bond donors (Lipinski definition) is 0. The van der Waals surface area contributed by atoms with Crippen molar-refractivity contribution >= 4 is 34.6 Å². The van der Waals surface area contributed by atoms with Crippen molar-refractivity contribution in [3.05, 3.63) is 29.0 Å². The monoisotopic (exact) mass is 624 g/mol. The Balaban J connectivity index is 1.32. The lowest BCUT2D eigenvalue weighted by Crippen LogP contribution is -2.50. The van der Waals surface area contributed by atoms with Crippen molar-refractivity contribution in [3.8, 4) is 11.8 Å². The largest absolute Gasteiger partial charge is 0.484 e. The molecule has 9 heteroatoms. The summed E-state index contributed by atoms with van der Waals surface area (Å²) in [6, 6.07) is 4.17. The number of ether oxygens (including phenoxy) is 3. The highest BCUT2D eigenvalue weighted by atomic mass is 35.5. The van der Waals surface area contributed by atoms with Crippen LogP contribution in [0.1, 0.15) is 83.6 Å². The summed E-state index contributed by atoms with van der Waals surface area (Å²) in [5, 5.41) is 0.632. The van der Waals surface area contributed by atoms with Gasteiger partial charge in [0, 0.05) is 38.4 Å². The number of hydrogen-bond acceptors (Lipinski definition) is 6. The minimum atomic E-state index is -0.379. The molecular weight excluding hydrogens is 576 g/mol. The number of fused-ring (bicyclic) bond motifs is 1. The summed E-state index contributed by atoms with van der Waals surface area (Å²) in [4.78, 5) is 25.0. The maximum Gasteiger partial charge on any atom is 0.409 e. The molecule has 2 saturated carbocycles. The number of methoxy groups -OCH3 is 2. The predicted octanol–water partition coefficient (Wildman–Crippen LogP) is 7.36. The van der Waals surface area contributed by atoms with E-state index in [1.807, 2.05) is 24.2 Å². The standard InChI is InChI=1S/C35H49ClN4O4/c1-5-9-26-19-30(36)32-31(20-26)40(24-37-32)22-28-11-8-10-27(18-28)21-39(34(41)43-4)23-35(14-16-44-17-15-35)33(42-3)38-25(2)29-12-6-7-13-29/h19-20,24-25,27-29H,6-8,10-18,21-23H2,1-4H3. The number of amides is 1. The van der Waals surface area contributed by atoms with Crippen LogP contribution < -0.4 is 0 Å². The maximum absolute atomic E-state index is 13.3.